The Morgan fingerprint density at radius 1 is 0.875 bits per heavy atom. The zero-order valence-corrected chi connectivity index (χ0v) is 9.86. The van der Waals surface area contributed by atoms with Crippen molar-refractivity contribution in [2.75, 3.05) is 5.75 Å². The zero-order chi connectivity index (χ0) is 11.1. The summed E-state index contributed by atoms with van der Waals surface area (Å²) in [5.41, 5.74) is 2.31. The van der Waals surface area contributed by atoms with Crippen molar-refractivity contribution in [1.29, 1.82) is 0 Å². The lowest BCUT2D eigenvalue weighted by Crippen LogP contribution is -1.93. The standard InChI is InChI=1S/C13H14N2S/c1-3-8-14-12(5-1)7-10-16-11-13-6-2-4-9-15-13/h1-6,8-9H,7,10-11H2. The van der Waals surface area contributed by atoms with E-state index in [9.17, 15) is 0 Å². The second-order valence-electron chi connectivity index (χ2n) is 3.44. The van der Waals surface area contributed by atoms with Gasteiger partial charge in [-0.2, -0.15) is 11.8 Å². The third-order valence-corrected chi connectivity index (χ3v) is 3.20. The number of pyridine rings is 2. The first-order valence-electron chi connectivity index (χ1n) is 5.33. The lowest BCUT2D eigenvalue weighted by atomic mass is 10.3. The normalized spacial score (nSPS) is 10.2. The van der Waals surface area contributed by atoms with Gasteiger partial charge in [0.2, 0.25) is 0 Å². The van der Waals surface area contributed by atoms with Crippen LogP contribution in [0.15, 0.2) is 48.8 Å². The smallest absolute Gasteiger partial charge is 0.0502 e. The van der Waals surface area contributed by atoms with Gasteiger partial charge < -0.3 is 0 Å². The molecule has 0 saturated heterocycles. The Morgan fingerprint density at radius 3 is 2.19 bits per heavy atom. The molecule has 0 aliphatic heterocycles. The van der Waals surface area contributed by atoms with Crippen LogP contribution in [0.2, 0.25) is 0 Å². The van der Waals surface area contributed by atoms with Crippen molar-refractivity contribution in [2.24, 2.45) is 0 Å². The van der Waals surface area contributed by atoms with E-state index in [1.807, 2.05) is 48.4 Å². The fourth-order valence-electron chi connectivity index (χ4n) is 1.38. The SMILES string of the molecule is c1ccc(CCSCc2ccccn2)nc1. The molecule has 16 heavy (non-hydrogen) atoms. The van der Waals surface area contributed by atoms with Crippen molar-refractivity contribution >= 4 is 11.8 Å². The number of aryl methyl sites for hydroxylation is 1. The van der Waals surface area contributed by atoms with Crippen LogP contribution in [-0.4, -0.2) is 15.7 Å². The largest absolute Gasteiger partial charge is 0.261 e. The fourth-order valence-corrected chi connectivity index (χ4v) is 2.26. The quantitative estimate of drug-likeness (QED) is 0.739. The fraction of sp³-hybridized carbons (Fsp3) is 0.231. The summed E-state index contributed by atoms with van der Waals surface area (Å²) in [6.07, 6.45) is 4.71. The lowest BCUT2D eigenvalue weighted by molar-refractivity contribution is 1.04. The lowest BCUT2D eigenvalue weighted by Gasteiger charge is -2.01. The summed E-state index contributed by atoms with van der Waals surface area (Å²) >= 11 is 1.90. The van der Waals surface area contributed by atoms with E-state index in [-0.39, 0.29) is 0 Å². The molecule has 0 atom stereocenters. The average molecular weight is 230 g/mol. The van der Waals surface area contributed by atoms with Gasteiger partial charge in [0.25, 0.3) is 0 Å². The van der Waals surface area contributed by atoms with Crippen LogP contribution >= 0.6 is 11.8 Å². The van der Waals surface area contributed by atoms with E-state index < -0.39 is 0 Å². The van der Waals surface area contributed by atoms with E-state index in [1.54, 1.807) is 0 Å². The predicted molar refractivity (Wildman–Crippen MR) is 68.3 cm³/mol. The van der Waals surface area contributed by atoms with Gasteiger partial charge >= 0.3 is 0 Å². The van der Waals surface area contributed by atoms with Crippen LogP contribution < -0.4 is 0 Å². The van der Waals surface area contributed by atoms with Crippen LogP contribution in [0, 0.1) is 0 Å². The molecule has 82 valence electrons. The Bertz CT molecular complexity index is 361. The van der Waals surface area contributed by atoms with E-state index in [2.05, 4.69) is 22.1 Å². The first kappa shape index (κ1) is 11.1. The first-order chi connectivity index (χ1) is 7.95. The summed E-state index contributed by atoms with van der Waals surface area (Å²) in [6.45, 7) is 0. The molecule has 0 saturated carbocycles. The molecule has 0 fully saturated rings. The van der Waals surface area contributed by atoms with E-state index >= 15 is 0 Å². The molecule has 0 radical (unpaired) electrons. The summed E-state index contributed by atoms with van der Waals surface area (Å²) < 4.78 is 0. The molecule has 2 aromatic heterocycles. The van der Waals surface area contributed by atoms with Crippen molar-refractivity contribution in [2.45, 2.75) is 12.2 Å². The highest BCUT2D eigenvalue weighted by Gasteiger charge is 1.96. The Balaban J connectivity index is 1.70. The van der Waals surface area contributed by atoms with E-state index in [1.165, 1.54) is 0 Å². The van der Waals surface area contributed by atoms with Crippen LogP contribution in [0.1, 0.15) is 11.4 Å². The van der Waals surface area contributed by atoms with Gasteiger partial charge in [-0.15, -0.1) is 0 Å². The molecule has 0 aliphatic rings. The number of thioether (sulfide) groups is 1. The molecule has 2 aromatic rings. The van der Waals surface area contributed by atoms with E-state index in [4.69, 9.17) is 0 Å². The van der Waals surface area contributed by atoms with Gasteiger partial charge in [-0.3, -0.25) is 9.97 Å². The van der Waals surface area contributed by atoms with Gasteiger partial charge in [-0.25, -0.2) is 0 Å². The van der Waals surface area contributed by atoms with Crippen LogP contribution in [-0.2, 0) is 12.2 Å². The average Bonchev–Trinajstić information content (AvgIpc) is 2.37. The summed E-state index contributed by atoms with van der Waals surface area (Å²) in [6, 6.07) is 12.1. The van der Waals surface area contributed by atoms with Crippen LogP contribution in [0.3, 0.4) is 0 Å². The molecule has 0 unspecified atom stereocenters. The Kier molecular flexibility index (Phi) is 4.37. The van der Waals surface area contributed by atoms with E-state index in [0.29, 0.717) is 0 Å². The van der Waals surface area contributed by atoms with Crippen molar-refractivity contribution in [3.63, 3.8) is 0 Å². The molecule has 0 aromatic carbocycles. The topological polar surface area (TPSA) is 25.8 Å². The van der Waals surface area contributed by atoms with Gasteiger partial charge in [0, 0.05) is 23.8 Å². The zero-order valence-electron chi connectivity index (χ0n) is 9.04. The Labute approximate surface area is 100 Å². The van der Waals surface area contributed by atoms with Crippen LogP contribution in [0.25, 0.3) is 0 Å². The van der Waals surface area contributed by atoms with Crippen molar-refractivity contribution in [1.82, 2.24) is 9.97 Å². The van der Waals surface area contributed by atoms with Crippen LogP contribution in [0.5, 0.6) is 0 Å². The molecule has 0 amide bonds. The second-order valence-corrected chi connectivity index (χ2v) is 4.55. The molecular weight excluding hydrogens is 216 g/mol. The first-order valence-corrected chi connectivity index (χ1v) is 6.48. The number of rotatable bonds is 5. The van der Waals surface area contributed by atoms with Gasteiger partial charge in [0.05, 0.1) is 5.69 Å². The van der Waals surface area contributed by atoms with Crippen LogP contribution in [0.4, 0.5) is 0 Å². The number of hydrogen-bond acceptors (Lipinski definition) is 3. The minimum atomic E-state index is 0.980. The summed E-state index contributed by atoms with van der Waals surface area (Å²) in [5.74, 6) is 2.07. The number of aromatic nitrogens is 2. The molecule has 0 spiro atoms. The highest BCUT2D eigenvalue weighted by Crippen LogP contribution is 2.11. The number of hydrogen-bond donors (Lipinski definition) is 0. The van der Waals surface area contributed by atoms with Crippen molar-refractivity contribution in [3.05, 3.63) is 60.2 Å². The summed E-state index contributed by atoms with van der Waals surface area (Å²) in [5, 5.41) is 0. The Morgan fingerprint density at radius 2 is 1.56 bits per heavy atom. The van der Waals surface area contributed by atoms with E-state index in [0.717, 1.165) is 29.3 Å². The maximum Gasteiger partial charge on any atom is 0.0502 e. The second kappa shape index (κ2) is 6.28. The molecule has 2 rings (SSSR count). The van der Waals surface area contributed by atoms with Gasteiger partial charge in [0.1, 0.15) is 0 Å². The van der Waals surface area contributed by atoms with Gasteiger partial charge in [-0.1, -0.05) is 12.1 Å². The van der Waals surface area contributed by atoms with Gasteiger partial charge in [-0.05, 0) is 36.4 Å². The summed E-state index contributed by atoms with van der Waals surface area (Å²) in [4.78, 5) is 8.58. The molecule has 2 nitrogen and oxygen atoms in total. The predicted octanol–water partition coefficient (Wildman–Crippen LogP) is 2.95. The molecule has 0 N–H and O–H groups in total. The number of nitrogens with zero attached hydrogens (tertiary/aromatic N) is 2. The molecule has 0 bridgehead atoms. The molecule has 3 heteroatoms. The highest BCUT2D eigenvalue weighted by molar-refractivity contribution is 7.98. The molecular formula is C13H14N2S. The molecule has 2 heterocycles. The van der Waals surface area contributed by atoms with Crippen molar-refractivity contribution in [3.8, 4) is 0 Å². The van der Waals surface area contributed by atoms with Crippen molar-refractivity contribution < 1.29 is 0 Å². The molecule has 0 aliphatic carbocycles. The maximum absolute atomic E-state index is 4.29. The summed E-state index contributed by atoms with van der Waals surface area (Å²) in [7, 11) is 0. The van der Waals surface area contributed by atoms with Gasteiger partial charge in [0.15, 0.2) is 0 Å². The Hall–Kier alpha value is -1.35. The minimum absolute atomic E-state index is 0.980. The minimum Gasteiger partial charge on any atom is -0.261 e. The maximum atomic E-state index is 4.29. The third kappa shape index (κ3) is 3.66. The highest BCUT2D eigenvalue weighted by atomic mass is 32.2. The third-order valence-electron chi connectivity index (χ3n) is 2.20. The monoisotopic (exact) mass is 230 g/mol.